The van der Waals surface area contributed by atoms with Gasteiger partial charge in [-0.15, -0.1) is 0 Å². The van der Waals surface area contributed by atoms with Crippen LogP contribution in [-0.2, 0) is 17.6 Å². The highest BCUT2D eigenvalue weighted by molar-refractivity contribution is 5.63. The predicted molar refractivity (Wildman–Crippen MR) is 191 cm³/mol. The second-order valence-corrected chi connectivity index (χ2v) is 14.8. The SMILES string of the molecule is C=C(C)C1CC/C(C)=C\CCC2(C=O)C3C=C(CCC=C(C)Cc4cc(O)c(cc4O)C(O)/C=C(/C)C3)CC2Cc2cc(O)cc1c2O. The van der Waals surface area contributed by atoms with Gasteiger partial charge in [0, 0.05) is 28.0 Å². The van der Waals surface area contributed by atoms with E-state index >= 15 is 0 Å². The second-order valence-electron chi connectivity index (χ2n) is 14.8. The van der Waals surface area contributed by atoms with Gasteiger partial charge in [0.2, 0.25) is 0 Å². The number of phenolic OH excluding ortho intramolecular Hbond substituents is 4. The molecule has 0 spiro atoms. The van der Waals surface area contributed by atoms with Crippen molar-refractivity contribution in [2.24, 2.45) is 17.3 Å². The molecule has 48 heavy (non-hydrogen) atoms. The molecule has 6 nitrogen and oxygen atoms in total. The summed E-state index contributed by atoms with van der Waals surface area (Å²) >= 11 is 0. The zero-order valence-corrected chi connectivity index (χ0v) is 28.9. The molecule has 5 N–H and O–H groups in total. The maximum Gasteiger partial charge on any atom is 0.127 e. The van der Waals surface area contributed by atoms with Gasteiger partial charge in [0.25, 0.3) is 0 Å². The standard InChI is InChI=1S/C42H52O6/c1-25(2)35-12-11-26(3)9-7-13-42(24-43)32-15-28(5)16-39(46)37-23-38(45)30(21-40(37)47)14-27(4)8-6-10-29(17-32)18-33(42)19-31-20-34(44)22-36(35)41(31)48/h8-9,16-17,20-24,32-33,35,39,44-48H,1,6-7,10-15,18-19H2,2-5H3/b26-9-,27-8?,28-16-. The summed E-state index contributed by atoms with van der Waals surface area (Å²) in [5.41, 5.74) is 6.74. The van der Waals surface area contributed by atoms with Crippen LogP contribution in [0.3, 0.4) is 0 Å². The number of aldehydes is 1. The number of carbonyl (C=O) groups is 1. The Morgan fingerprint density at radius 1 is 0.833 bits per heavy atom. The lowest BCUT2D eigenvalue weighted by molar-refractivity contribution is -0.123. The first-order valence-electron chi connectivity index (χ1n) is 17.4. The van der Waals surface area contributed by atoms with Crippen molar-refractivity contribution in [1.82, 2.24) is 0 Å². The van der Waals surface area contributed by atoms with Crippen LogP contribution in [0.5, 0.6) is 23.0 Å². The zero-order chi connectivity index (χ0) is 34.7. The number of phenols is 4. The number of hydrogen-bond donors (Lipinski definition) is 5. The molecule has 0 heterocycles. The summed E-state index contributed by atoms with van der Waals surface area (Å²) in [5.74, 6) is -0.166. The van der Waals surface area contributed by atoms with Crippen LogP contribution in [0, 0.1) is 17.3 Å². The van der Waals surface area contributed by atoms with E-state index in [1.54, 1.807) is 18.2 Å². The molecule has 6 rings (SSSR count). The van der Waals surface area contributed by atoms with Gasteiger partial charge in [-0.05, 0) is 134 Å². The molecule has 2 aromatic rings. The molecule has 0 fully saturated rings. The number of fused-ring (bicyclic) bond motifs is 10. The van der Waals surface area contributed by atoms with Crippen LogP contribution in [0.1, 0.15) is 113 Å². The number of aromatic hydroxyl groups is 4. The van der Waals surface area contributed by atoms with E-state index in [1.165, 1.54) is 23.3 Å². The Bertz CT molecular complexity index is 1690. The van der Waals surface area contributed by atoms with Crippen LogP contribution in [0.2, 0.25) is 0 Å². The maximum atomic E-state index is 13.6. The van der Waals surface area contributed by atoms with Gasteiger partial charge in [0.15, 0.2) is 0 Å². The third kappa shape index (κ3) is 7.49. The molecule has 6 bridgehead atoms. The Morgan fingerprint density at radius 3 is 2.31 bits per heavy atom. The van der Waals surface area contributed by atoms with Gasteiger partial charge in [-0.3, -0.25) is 0 Å². The third-order valence-corrected chi connectivity index (χ3v) is 11.1. The minimum atomic E-state index is -1.14. The minimum absolute atomic E-state index is 0.0374. The molecule has 2 aromatic carbocycles. The Balaban J connectivity index is 1.64. The fourth-order valence-electron chi connectivity index (χ4n) is 8.41. The number of carbonyl (C=O) groups excluding carboxylic acids is 1. The molecule has 5 unspecified atom stereocenters. The topological polar surface area (TPSA) is 118 Å². The molecule has 0 saturated carbocycles. The fraction of sp³-hybridized carbons (Fsp3) is 0.452. The van der Waals surface area contributed by atoms with E-state index in [2.05, 4.69) is 31.7 Å². The van der Waals surface area contributed by atoms with Crippen LogP contribution in [0.4, 0.5) is 0 Å². The molecular formula is C42H52O6. The average molecular weight is 653 g/mol. The number of hydrogen-bond acceptors (Lipinski definition) is 6. The molecule has 4 aliphatic rings. The third-order valence-electron chi connectivity index (χ3n) is 11.1. The second kappa shape index (κ2) is 14.6. The fourth-order valence-corrected chi connectivity index (χ4v) is 8.41. The minimum Gasteiger partial charge on any atom is -0.508 e. The molecular weight excluding hydrogens is 600 g/mol. The lowest BCUT2D eigenvalue weighted by atomic mass is 9.56. The normalized spacial score (nSPS) is 29.3. The van der Waals surface area contributed by atoms with E-state index < -0.39 is 11.5 Å². The van der Waals surface area contributed by atoms with Crippen LogP contribution in [0.15, 0.2) is 83.0 Å². The zero-order valence-electron chi connectivity index (χ0n) is 28.9. The molecule has 0 saturated heterocycles. The van der Waals surface area contributed by atoms with E-state index in [9.17, 15) is 30.3 Å². The molecule has 0 amide bonds. The van der Waals surface area contributed by atoms with Crippen molar-refractivity contribution >= 4 is 6.29 Å². The van der Waals surface area contributed by atoms with Gasteiger partial charge >= 0.3 is 0 Å². The predicted octanol–water partition coefficient (Wildman–Crippen LogP) is 9.33. The first-order chi connectivity index (χ1) is 22.8. The molecule has 6 heteroatoms. The number of aliphatic hydroxyl groups excluding tert-OH is 1. The summed E-state index contributed by atoms with van der Waals surface area (Å²) in [5, 5.41) is 55.4. The molecule has 0 aromatic heterocycles. The molecule has 0 radical (unpaired) electrons. The van der Waals surface area contributed by atoms with Gasteiger partial charge in [-0.2, -0.15) is 0 Å². The van der Waals surface area contributed by atoms with E-state index in [-0.39, 0.29) is 46.3 Å². The van der Waals surface area contributed by atoms with Crippen LogP contribution >= 0.6 is 0 Å². The van der Waals surface area contributed by atoms with Gasteiger partial charge < -0.3 is 30.3 Å². The van der Waals surface area contributed by atoms with Crippen LogP contribution in [-0.4, -0.2) is 31.8 Å². The summed E-state index contributed by atoms with van der Waals surface area (Å²) in [6.07, 6.45) is 15.1. The smallest absolute Gasteiger partial charge is 0.127 e. The van der Waals surface area contributed by atoms with E-state index in [0.717, 1.165) is 55.1 Å². The van der Waals surface area contributed by atoms with Crippen molar-refractivity contribution in [3.8, 4) is 23.0 Å². The van der Waals surface area contributed by atoms with Crippen LogP contribution in [0.25, 0.3) is 0 Å². The Labute approximate surface area is 285 Å². The van der Waals surface area contributed by atoms with Crippen molar-refractivity contribution < 1.29 is 30.3 Å². The highest BCUT2D eigenvalue weighted by Crippen LogP contribution is 2.52. The highest BCUT2D eigenvalue weighted by Gasteiger charge is 2.47. The lowest BCUT2D eigenvalue weighted by Gasteiger charge is -2.46. The summed E-state index contributed by atoms with van der Waals surface area (Å²) in [4.78, 5) is 13.6. The Hall–Kier alpha value is -4.03. The monoisotopic (exact) mass is 652 g/mol. The Morgan fingerprint density at radius 2 is 1.58 bits per heavy atom. The summed E-state index contributed by atoms with van der Waals surface area (Å²) in [6.45, 7) is 12.3. The van der Waals surface area contributed by atoms with Crippen molar-refractivity contribution in [3.05, 3.63) is 105 Å². The molecule has 5 atom stereocenters. The molecule has 0 aliphatic heterocycles. The Kier molecular flexibility index (Phi) is 10.7. The number of allylic oxidation sites excluding steroid dienone is 8. The van der Waals surface area contributed by atoms with E-state index in [1.807, 2.05) is 20.8 Å². The summed E-state index contributed by atoms with van der Waals surface area (Å²) in [7, 11) is 0. The van der Waals surface area contributed by atoms with Gasteiger partial charge in [0.1, 0.15) is 35.4 Å². The van der Waals surface area contributed by atoms with E-state index in [4.69, 9.17) is 0 Å². The average Bonchev–Trinajstić information content (AvgIpc) is 3.01. The lowest BCUT2D eigenvalue weighted by Crippen LogP contribution is -2.43. The van der Waals surface area contributed by atoms with E-state index in [0.29, 0.717) is 48.8 Å². The van der Waals surface area contributed by atoms with Gasteiger partial charge in [-0.25, -0.2) is 0 Å². The number of aliphatic hydroxyl groups is 1. The highest BCUT2D eigenvalue weighted by atomic mass is 16.3. The van der Waals surface area contributed by atoms with Crippen LogP contribution < -0.4 is 0 Å². The van der Waals surface area contributed by atoms with Gasteiger partial charge in [0.05, 0.1) is 0 Å². The number of benzene rings is 2. The van der Waals surface area contributed by atoms with Crippen molar-refractivity contribution in [1.29, 1.82) is 0 Å². The largest absolute Gasteiger partial charge is 0.508 e. The maximum absolute atomic E-state index is 13.6. The molecule has 256 valence electrons. The summed E-state index contributed by atoms with van der Waals surface area (Å²) in [6, 6.07) is 6.29. The quantitative estimate of drug-likeness (QED) is 0.125. The first-order valence-corrected chi connectivity index (χ1v) is 17.4. The van der Waals surface area contributed by atoms with Gasteiger partial charge in [-0.1, -0.05) is 58.7 Å². The van der Waals surface area contributed by atoms with Crippen molar-refractivity contribution in [2.45, 2.75) is 104 Å². The van der Waals surface area contributed by atoms with Crippen molar-refractivity contribution in [2.75, 3.05) is 0 Å². The first kappa shape index (κ1) is 35.3. The molecule has 4 aliphatic carbocycles. The summed E-state index contributed by atoms with van der Waals surface area (Å²) < 4.78 is 0. The number of rotatable bonds is 2. The van der Waals surface area contributed by atoms with Crippen molar-refractivity contribution in [3.63, 3.8) is 0 Å².